The van der Waals surface area contributed by atoms with Crippen LogP contribution in [0.2, 0.25) is 0 Å². The number of carbonyl (C=O) groups excluding carboxylic acids is 1. The molecule has 22 heavy (non-hydrogen) atoms. The fourth-order valence-corrected chi connectivity index (χ4v) is 2.89. The largest absolute Gasteiger partial charge is 0.444 e. The fourth-order valence-electron chi connectivity index (χ4n) is 2.89. The minimum absolute atomic E-state index is 0.0148. The molecule has 2 aliphatic heterocycles. The standard InChI is InChI=1S/C16H22N2O4/c1-16(2,3)22-15(20)17-8-11-4-6-18(12-5-7-21-10-12)14(19)13(11)9-17/h4,6,12H,5,7-10H2,1-3H3/t12-/m0/s1. The Balaban J connectivity index is 1.80. The van der Waals surface area contributed by atoms with Crippen molar-refractivity contribution >= 4 is 6.09 Å². The maximum Gasteiger partial charge on any atom is 0.410 e. The Hall–Kier alpha value is -1.82. The van der Waals surface area contributed by atoms with Crippen molar-refractivity contribution < 1.29 is 14.3 Å². The molecule has 0 radical (unpaired) electrons. The number of fused-ring (bicyclic) bond motifs is 1. The van der Waals surface area contributed by atoms with E-state index in [1.807, 2.05) is 33.0 Å². The van der Waals surface area contributed by atoms with Gasteiger partial charge in [-0.05, 0) is 38.8 Å². The zero-order chi connectivity index (χ0) is 15.9. The van der Waals surface area contributed by atoms with Crippen LogP contribution in [0.25, 0.3) is 0 Å². The molecule has 0 bridgehead atoms. The maximum atomic E-state index is 12.6. The van der Waals surface area contributed by atoms with Crippen molar-refractivity contribution in [3.63, 3.8) is 0 Å². The summed E-state index contributed by atoms with van der Waals surface area (Å²) in [5.41, 5.74) is 1.05. The van der Waals surface area contributed by atoms with Gasteiger partial charge in [0.25, 0.3) is 5.56 Å². The minimum atomic E-state index is -0.534. The lowest BCUT2D eigenvalue weighted by atomic mass is 10.1. The SMILES string of the molecule is CC(C)(C)OC(=O)N1Cc2ccn([C@H]3CCOC3)c(=O)c2C1. The van der Waals surface area contributed by atoms with Gasteiger partial charge in [-0.15, -0.1) is 0 Å². The number of pyridine rings is 1. The fraction of sp³-hybridized carbons (Fsp3) is 0.625. The van der Waals surface area contributed by atoms with Crippen molar-refractivity contribution in [1.82, 2.24) is 9.47 Å². The summed E-state index contributed by atoms with van der Waals surface area (Å²) in [6.07, 6.45) is 2.30. The highest BCUT2D eigenvalue weighted by Crippen LogP contribution is 2.24. The second-order valence-electron chi connectivity index (χ2n) is 6.89. The van der Waals surface area contributed by atoms with Crippen LogP contribution in [0, 0.1) is 0 Å². The van der Waals surface area contributed by atoms with Crippen LogP contribution in [0.4, 0.5) is 4.79 Å². The van der Waals surface area contributed by atoms with Crippen LogP contribution in [0.3, 0.4) is 0 Å². The normalized spacial score (nSPS) is 21.0. The number of carbonyl (C=O) groups is 1. The summed E-state index contributed by atoms with van der Waals surface area (Å²) in [4.78, 5) is 26.4. The molecular formula is C16H22N2O4. The number of hydrogen-bond acceptors (Lipinski definition) is 4. The lowest BCUT2D eigenvalue weighted by Crippen LogP contribution is -2.34. The minimum Gasteiger partial charge on any atom is -0.444 e. The van der Waals surface area contributed by atoms with E-state index in [1.165, 1.54) is 0 Å². The van der Waals surface area contributed by atoms with Crippen molar-refractivity contribution in [2.45, 2.75) is 51.9 Å². The molecule has 1 amide bonds. The predicted molar refractivity (Wildman–Crippen MR) is 80.7 cm³/mol. The first-order chi connectivity index (χ1) is 10.3. The van der Waals surface area contributed by atoms with Crippen LogP contribution < -0.4 is 5.56 Å². The lowest BCUT2D eigenvalue weighted by molar-refractivity contribution is 0.0241. The van der Waals surface area contributed by atoms with Gasteiger partial charge < -0.3 is 14.0 Å². The van der Waals surface area contributed by atoms with E-state index in [-0.39, 0.29) is 17.7 Å². The van der Waals surface area contributed by atoms with Gasteiger partial charge in [-0.1, -0.05) is 0 Å². The number of hydrogen-bond donors (Lipinski definition) is 0. The third-order valence-electron chi connectivity index (χ3n) is 3.98. The Labute approximate surface area is 129 Å². The summed E-state index contributed by atoms with van der Waals surface area (Å²) in [5, 5.41) is 0. The summed E-state index contributed by atoms with van der Waals surface area (Å²) in [5.74, 6) is 0. The van der Waals surface area contributed by atoms with Gasteiger partial charge in [0.15, 0.2) is 0 Å². The molecule has 0 saturated carbocycles. The Morgan fingerprint density at radius 3 is 2.77 bits per heavy atom. The van der Waals surface area contributed by atoms with Crippen LogP contribution in [0.15, 0.2) is 17.1 Å². The Morgan fingerprint density at radius 1 is 1.36 bits per heavy atom. The number of rotatable bonds is 1. The molecule has 3 heterocycles. The molecule has 0 unspecified atom stereocenters. The lowest BCUT2D eigenvalue weighted by Gasteiger charge is -2.24. The predicted octanol–water partition coefficient (Wildman–Crippen LogP) is 2.06. The first-order valence-corrected chi connectivity index (χ1v) is 7.64. The molecule has 6 heteroatoms. The number of ether oxygens (including phenoxy) is 2. The van der Waals surface area contributed by atoms with Gasteiger partial charge in [-0.2, -0.15) is 0 Å². The Bertz CT molecular complexity index is 639. The van der Waals surface area contributed by atoms with Crippen LogP contribution in [0.5, 0.6) is 0 Å². The third kappa shape index (κ3) is 2.88. The quantitative estimate of drug-likeness (QED) is 0.797. The molecule has 0 spiro atoms. The molecular weight excluding hydrogens is 284 g/mol. The molecule has 0 aromatic carbocycles. The van der Waals surface area contributed by atoms with Crippen LogP contribution in [0.1, 0.15) is 44.4 Å². The second-order valence-corrected chi connectivity index (χ2v) is 6.89. The zero-order valence-corrected chi connectivity index (χ0v) is 13.3. The van der Waals surface area contributed by atoms with Gasteiger partial charge in [-0.3, -0.25) is 9.69 Å². The van der Waals surface area contributed by atoms with Crippen molar-refractivity contribution in [1.29, 1.82) is 0 Å². The van der Waals surface area contributed by atoms with Gasteiger partial charge >= 0.3 is 6.09 Å². The maximum absolute atomic E-state index is 12.6. The molecule has 1 saturated heterocycles. The van der Waals surface area contributed by atoms with E-state index in [4.69, 9.17) is 9.47 Å². The average Bonchev–Trinajstić information content (AvgIpc) is 3.06. The van der Waals surface area contributed by atoms with Crippen molar-refractivity contribution in [2.75, 3.05) is 13.2 Å². The molecule has 0 N–H and O–H groups in total. The van der Waals surface area contributed by atoms with Gasteiger partial charge in [0, 0.05) is 24.9 Å². The average molecular weight is 306 g/mol. The van der Waals surface area contributed by atoms with E-state index in [0.717, 1.165) is 12.0 Å². The van der Waals surface area contributed by atoms with Crippen LogP contribution in [-0.4, -0.2) is 34.4 Å². The van der Waals surface area contributed by atoms with E-state index in [0.29, 0.717) is 31.9 Å². The monoisotopic (exact) mass is 306 g/mol. The van der Waals surface area contributed by atoms with Gasteiger partial charge in [0.2, 0.25) is 0 Å². The first kappa shape index (κ1) is 15.1. The number of amides is 1. The highest BCUT2D eigenvalue weighted by atomic mass is 16.6. The zero-order valence-electron chi connectivity index (χ0n) is 13.3. The summed E-state index contributed by atoms with van der Waals surface area (Å²) >= 11 is 0. The summed E-state index contributed by atoms with van der Waals surface area (Å²) in [7, 11) is 0. The van der Waals surface area contributed by atoms with Gasteiger partial charge in [-0.25, -0.2) is 4.79 Å². The molecule has 6 nitrogen and oxygen atoms in total. The molecule has 1 fully saturated rings. The van der Waals surface area contributed by atoms with Gasteiger partial charge in [0.1, 0.15) is 5.60 Å². The van der Waals surface area contributed by atoms with E-state index in [1.54, 1.807) is 9.47 Å². The van der Waals surface area contributed by atoms with E-state index in [2.05, 4.69) is 0 Å². The van der Waals surface area contributed by atoms with Crippen molar-refractivity contribution in [3.8, 4) is 0 Å². The molecule has 120 valence electrons. The Morgan fingerprint density at radius 2 is 2.14 bits per heavy atom. The van der Waals surface area contributed by atoms with E-state index in [9.17, 15) is 9.59 Å². The molecule has 1 atom stereocenters. The molecule has 1 aromatic heterocycles. The summed E-state index contributed by atoms with van der Waals surface area (Å²) in [6, 6.07) is 2.03. The summed E-state index contributed by atoms with van der Waals surface area (Å²) < 4.78 is 12.5. The molecule has 2 aliphatic rings. The van der Waals surface area contributed by atoms with Crippen molar-refractivity contribution in [3.05, 3.63) is 33.7 Å². The smallest absolute Gasteiger partial charge is 0.410 e. The number of nitrogens with zero attached hydrogens (tertiary/aromatic N) is 2. The van der Waals surface area contributed by atoms with Crippen LogP contribution >= 0.6 is 0 Å². The highest BCUT2D eigenvalue weighted by molar-refractivity contribution is 5.69. The van der Waals surface area contributed by atoms with Crippen LogP contribution in [-0.2, 0) is 22.6 Å². The second kappa shape index (κ2) is 5.43. The third-order valence-corrected chi connectivity index (χ3v) is 3.98. The topological polar surface area (TPSA) is 60.8 Å². The molecule has 3 rings (SSSR count). The van der Waals surface area contributed by atoms with E-state index < -0.39 is 5.60 Å². The van der Waals surface area contributed by atoms with E-state index >= 15 is 0 Å². The number of aromatic nitrogens is 1. The highest BCUT2D eigenvalue weighted by Gasteiger charge is 2.30. The molecule has 1 aromatic rings. The van der Waals surface area contributed by atoms with Gasteiger partial charge in [0.05, 0.1) is 19.2 Å². The first-order valence-electron chi connectivity index (χ1n) is 7.64. The Kier molecular flexibility index (Phi) is 3.72. The summed E-state index contributed by atoms with van der Waals surface area (Å²) in [6.45, 7) is 7.52. The molecule has 0 aliphatic carbocycles. The van der Waals surface area contributed by atoms with Crippen molar-refractivity contribution in [2.24, 2.45) is 0 Å².